The van der Waals surface area contributed by atoms with Crippen LogP contribution in [0, 0.1) is 5.92 Å². The predicted octanol–water partition coefficient (Wildman–Crippen LogP) is 3.84. The lowest BCUT2D eigenvalue weighted by atomic mass is 10.1. The summed E-state index contributed by atoms with van der Waals surface area (Å²) in [5.74, 6) is 0.604. The molecule has 2 amide bonds. The first-order chi connectivity index (χ1) is 12.6. The Hall–Kier alpha value is -1.88. The molecule has 0 aromatic heterocycles. The van der Waals surface area contributed by atoms with E-state index in [1.54, 1.807) is 6.07 Å². The van der Waals surface area contributed by atoms with Crippen LogP contribution in [0.4, 0.5) is 5.69 Å². The molecule has 142 valence electrons. The zero-order valence-electron chi connectivity index (χ0n) is 15.9. The number of carbonyl (C=O) groups is 2. The lowest BCUT2D eigenvalue weighted by Crippen LogP contribution is -2.50. The molecular weight excluding hydrogens is 328 g/mol. The van der Waals surface area contributed by atoms with Crippen LogP contribution in [0.15, 0.2) is 24.3 Å². The Kier molecular flexibility index (Phi) is 6.30. The number of hydrogen-bond donors (Lipinski definition) is 1. The maximum Gasteiger partial charge on any atom is 0.254 e. The molecule has 3 rings (SSSR count). The fraction of sp³-hybridized carbons (Fsp3) is 0.619. The smallest absolute Gasteiger partial charge is 0.254 e. The molecule has 0 bridgehead atoms. The van der Waals surface area contributed by atoms with Gasteiger partial charge in [-0.05, 0) is 43.4 Å². The molecule has 1 saturated carbocycles. The van der Waals surface area contributed by atoms with Crippen LogP contribution in [0.2, 0.25) is 0 Å². The molecule has 5 heteroatoms. The molecule has 0 radical (unpaired) electrons. The Bertz CT molecular complexity index is 642. The van der Waals surface area contributed by atoms with E-state index in [0.717, 1.165) is 19.3 Å². The molecule has 2 aliphatic rings. The van der Waals surface area contributed by atoms with Gasteiger partial charge in [0.05, 0.1) is 12.2 Å². The van der Waals surface area contributed by atoms with Gasteiger partial charge in [-0.25, -0.2) is 0 Å². The average molecular weight is 358 g/mol. The Balaban J connectivity index is 1.70. The summed E-state index contributed by atoms with van der Waals surface area (Å²) in [5.41, 5.74) is 1.31. The molecule has 2 atom stereocenters. The minimum atomic E-state index is -0.0469. The summed E-state index contributed by atoms with van der Waals surface area (Å²) in [7, 11) is 0. The fourth-order valence-corrected chi connectivity index (χ4v) is 3.52. The van der Waals surface area contributed by atoms with Gasteiger partial charge in [-0.2, -0.15) is 0 Å². The van der Waals surface area contributed by atoms with E-state index in [9.17, 15) is 9.59 Å². The van der Waals surface area contributed by atoms with E-state index >= 15 is 0 Å². The van der Waals surface area contributed by atoms with Crippen molar-refractivity contribution in [3.8, 4) is 0 Å². The number of nitrogens with one attached hydrogen (secondary N) is 1. The van der Waals surface area contributed by atoms with Gasteiger partial charge in [0.15, 0.2) is 0 Å². The van der Waals surface area contributed by atoms with Crippen molar-refractivity contribution in [2.75, 3.05) is 18.4 Å². The highest BCUT2D eigenvalue weighted by Gasteiger charge is 2.39. The number of nitrogens with zero attached hydrogens (tertiary/aromatic N) is 1. The van der Waals surface area contributed by atoms with Crippen molar-refractivity contribution in [3.63, 3.8) is 0 Å². The summed E-state index contributed by atoms with van der Waals surface area (Å²) in [4.78, 5) is 26.6. The first kappa shape index (κ1) is 18.9. The molecule has 0 spiro atoms. The van der Waals surface area contributed by atoms with E-state index in [4.69, 9.17) is 4.74 Å². The van der Waals surface area contributed by atoms with E-state index < -0.39 is 0 Å². The number of ether oxygens (including phenoxy) is 1. The van der Waals surface area contributed by atoms with Crippen molar-refractivity contribution in [1.29, 1.82) is 0 Å². The van der Waals surface area contributed by atoms with E-state index in [0.29, 0.717) is 36.7 Å². The minimum absolute atomic E-state index is 0.0352. The van der Waals surface area contributed by atoms with Gasteiger partial charge in [-0.1, -0.05) is 32.8 Å². The molecule has 1 aliphatic carbocycles. The van der Waals surface area contributed by atoms with Gasteiger partial charge < -0.3 is 15.0 Å². The van der Waals surface area contributed by atoms with E-state index in [1.165, 1.54) is 12.8 Å². The standard InChI is InChI=1S/C21H30N2O3/c1-3-5-9-18-13-23(14-19(26-18)15-10-11-15)21(25)16-7-6-8-17(12-16)22-20(24)4-2/h6-8,12,15,18-19H,3-5,9-11,13-14H2,1-2H3,(H,22,24)/t18-,19-/m1/s1. The predicted molar refractivity (Wildman–Crippen MR) is 102 cm³/mol. The second kappa shape index (κ2) is 8.67. The Morgan fingerprint density at radius 2 is 2.04 bits per heavy atom. The Morgan fingerprint density at radius 3 is 2.73 bits per heavy atom. The highest BCUT2D eigenvalue weighted by molar-refractivity contribution is 5.97. The van der Waals surface area contributed by atoms with Crippen LogP contribution < -0.4 is 5.32 Å². The summed E-state index contributed by atoms with van der Waals surface area (Å²) < 4.78 is 6.27. The molecule has 1 aromatic rings. The Morgan fingerprint density at radius 1 is 1.23 bits per heavy atom. The summed E-state index contributed by atoms with van der Waals surface area (Å²) in [6.45, 7) is 5.33. The summed E-state index contributed by atoms with van der Waals surface area (Å²) in [6, 6.07) is 7.25. The zero-order chi connectivity index (χ0) is 18.5. The third-order valence-electron chi connectivity index (χ3n) is 5.22. The lowest BCUT2D eigenvalue weighted by molar-refractivity contribution is -0.115. The van der Waals surface area contributed by atoms with Crippen molar-refractivity contribution < 1.29 is 14.3 Å². The molecule has 1 saturated heterocycles. The maximum absolute atomic E-state index is 13.1. The Labute approximate surface area is 156 Å². The number of hydrogen-bond acceptors (Lipinski definition) is 3. The summed E-state index contributed by atoms with van der Waals surface area (Å²) >= 11 is 0. The van der Waals surface area contributed by atoms with Crippen molar-refractivity contribution in [2.45, 2.75) is 64.6 Å². The van der Waals surface area contributed by atoms with E-state index in [2.05, 4.69) is 12.2 Å². The minimum Gasteiger partial charge on any atom is -0.371 e. The van der Waals surface area contributed by atoms with Gasteiger partial charge in [0, 0.05) is 30.8 Å². The van der Waals surface area contributed by atoms with E-state index in [-0.39, 0.29) is 24.0 Å². The van der Waals surface area contributed by atoms with Gasteiger partial charge in [0.1, 0.15) is 0 Å². The second-order valence-corrected chi connectivity index (χ2v) is 7.47. The van der Waals surface area contributed by atoms with Gasteiger partial charge in [0.2, 0.25) is 5.91 Å². The van der Waals surface area contributed by atoms with Crippen LogP contribution in [0.1, 0.15) is 62.7 Å². The first-order valence-corrected chi connectivity index (χ1v) is 9.95. The number of carbonyl (C=O) groups excluding carboxylic acids is 2. The number of unbranched alkanes of at least 4 members (excludes halogenated alkanes) is 1. The number of morpholine rings is 1. The van der Waals surface area contributed by atoms with Crippen molar-refractivity contribution in [2.24, 2.45) is 5.92 Å². The second-order valence-electron chi connectivity index (χ2n) is 7.47. The van der Waals surface area contributed by atoms with Crippen LogP contribution in [-0.2, 0) is 9.53 Å². The van der Waals surface area contributed by atoms with Crippen molar-refractivity contribution >= 4 is 17.5 Å². The average Bonchev–Trinajstić information content (AvgIpc) is 3.51. The SMILES string of the molecule is CCCC[C@@H]1CN(C(=O)c2cccc(NC(=O)CC)c2)C[C@H](C2CC2)O1. The van der Waals surface area contributed by atoms with Crippen LogP contribution >= 0.6 is 0 Å². The largest absolute Gasteiger partial charge is 0.371 e. The first-order valence-electron chi connectivity index (χ1n) is 9.95. The van der Waals surface area contributed by atoms with Gasteiger partial charge in [0.25, 0.3) is 5.91 Å². The summed E-state index contributed by atoms with van der Waals surface area (Å²) in [6.07, 6.45) is 6.44. The maximum atomic E-state index is 13.1. The topological polar surface area (TPSA) is 58.6 Å². The number of anilines is 1. The van der Waals surface area contributed by atoms with Crippen LogP contribution in [0.25, 0.3) is 0 Å². The lowest BCUT2D eigenvalue weighted by Gasteiger charge is -2.38. The number of amides is 2. The van der Waals surface area contributed by atoms with Crippen molar-refractivity contribution in [1.82, 2.24) is 4.90 Å². The van der Waals surface area contributed by atoms with Crippen LogP contribution in [-0.4, -0.2) is 42.0 Å². The quantitative estimate of drug-likeness (QED) is 0.805. The third-order valence-corrected chi connectivity index (χ3v) is 5.22. The normalized spacial score (nSPS) is 22.9. The van der Waals surface area contributed by atoms with Crippen LogP contribution in [0.3, 0.4) is 0 Å². The van der Waals surface area contributed by atoms with Crippen LogP contribution in [0.5, 0.6) is 0 Å². The molecule has 5 nitrogen and oxygen atoms in total. The molecule has 2 fully saturated rings. The molecule has 1 aliphatic heterocycles. The summed E-state index contributed by atoms with van der Waals surface area (Å²) in [5, 5.41) is 2.83. The molecule has 26 heavy (non-hydrogen) atoms. The number of benzene rings is 1. The molecule has 1 heterocycles. The highest BCUT2D eigenvalue weighted by atomic mass is 16.5. The zero-order valence-corrected chi connectivity index (χ0v) is 15.9. The van der Waals surface area contributed by atoms with Gasteiger partial charge in [-0.15, -0.1) is 0 Å². The highest BCUT2D eigenvalue weighted by Crippen LogP contribution is 2.37. The molecule has 0 unspecified atom stereocenters. The molecule has 1 aromatic carbocycles. The molecule has 1 N–H and O–H groups in total. The number of rotatable bonds is 7. The van der Waals surface area contributed by atoms with Crippen molar-refractivity contribution in [3.05, 3.63) is 29.8 Å². The monoisotopic (exact) mass is 358 g/mol. The van der Waals surface area contributed by atoms with Gasteiger partial charge in [-0.3, -0.25) is 9.59 Å². The third kappa shape index (κ3) is 4.85. The fourth-order valence-electron chi connectivity index (χ4n) is 3.52. The van der Waals surface area contributed by atoms with E-state index in [1.807, 2.05) is 30.0 Å². The molecular formula is C21H30N2O3. The van der Waals surface area contributed by atoms with Gasteiger partial charge >= 0.3 is 0 Å².